The number of guanidine groups is 1. The van der Waals surface area contributed by atoms with Gasteiger partial charge in [0.25, 0.3) is 0 Å². The van der Waals surface area contributed by atoms with Crippen molar-refractivity contribution >= 4 is 5.96 Å². The number of benzene rings is 1. The van der Waals surface area contributed by atoms with Gasteiger partial charge in [-0.05, 0) is 20.0 Å². The van der Waals surface area contributed by atoms with Gasteiger partial charge in [0.2, 0.25) is 0 Å². The van der Waals surface area contributed by atoms with Crippen LogP contribution in [0.4, 0.5) is 22.0 Å². The zero-order chi connectivity index (χ0) is 19.6. The van der Waals surface area contributed by atoms with Crippen molar-refractivity contribution in [2.45, 2.75) is 26.3 Å². The molecule has 0 spiro atoms. The van der Waals surface area contributed by atoms with Crippen LogP contribution >= 0.6 is 0 Å². The molecule has 0 amide bonds. The summed E-state index contributed by atoms with van der Waals surface area (Å²) in [7, 11) is 1.37. The van der Waals surface area contributed by atoms with Gasteiger partial charge in [-0.1, -0.05) is 18.2 Å². The van der Waals surface area contributed by atoms with E-state index in [4.69, 9.17) is 0 Å². The minimum absolute atomic E-state index is 0.0343. The number of nitrogens with zero attached hydrogens (tertiary/aromatic N) is 2. The molecule has 0 saturated heterocycles. The van der Waals surface area contributed by atoms with Gasteiger partial charge in [-0.15, -0.1) is 0 Å². The second kappa shape index (κ2) is 10.8. The molecule has 2 N–H and O–H groups in total. The fourth-order valence-corrected chi connectivity index (χ4v) is 2.10. The molecule has 0 saturated carbocycles. The summed E-state index contributed by atoms with van der Waals surface area (Å²) in [6.45, 7) is -1.07. The van der Waals surface area contributed by atoms with Gasteiger partial charge in [0.15, 0.2) is 5.96 Å². The largest absolute Gasteiger partial charge is 0.434 e. The van der Waals surface area contributed by atoms with Crippen LogP contribution in [0.2, 0.25) is 0 Å². The predicted molar refractivity (Wildman–Crippen MR) is 89.4 cm³/mol. The predicted octanol–water partition coefficient (Wildman–Crippen LogP) is 2.84. The number of halogens is 5. The van der Waals surface area contributed by atoms with Gasteiger partial charge in [-0.2, -0.15) is 22.0 Å². The van der Waals surface area contributed by atoms with E-state index in [9.17, 15) is 22.0 Å². The van der Waals surface area contributed by atoms with Crippen LogP contribution < -0.4 is 15.4 Å². The lowest BCUT2D eigenvalue weighted by Gasteiger charge is -2.19. The van der Waals surface area contributed by atoms with E-state index in [1.54, 1.807) is 18.2 Å². The molecule has 0 unspecified atom stereocenters. The zero-order valence-electron chi connectivity index (χ0n) is 14.6. The van der Waals surface area contributed by atoms with E-state index in [-0.39, 0.29) is 25.4 Å². The molecular weight excluding hydrogens is 359 g/mol. The summed E-state index contributed by atoms with van der Waals surface area (Å²) in [5.41, 5.74) is 0.471. The lowest BCUT2D eigenvalue weighted by Crippen LogP contribution is -2.42. The Hall–Kier alpha value is -2.10. The first kappa shape index (κ1) is 21.9. The number of aliphatic imine (C=N–C) groups is 1. The quantitative estimate of drug-likeness (QED) is 0.392. The molecule has 0 heterocycles. The number of alkyl halides is 5. The maximum absolute atomic E-state index is 12.4. The number of likely N-dealkylation sites (N-methyl/N-ethyl adjacent to an activating group) is 1. The number of hydrogen-bond acceptors (Lipinski definition) is 3. The Morgan fingerprint density at radius 2 is 1.92 bits per heavy atom. The van der Waals surface area contributed by atoms with Crippen LogP contribution in [0.1, 0.15) is 12.5 Å². The average Bonchev–Trinajstić information content (AvgIpc) is 2.51. The molecule has 0 aliphatic carbocycles. The molecule has 26 heavy (non-hydrogen) atoms. The maximum atomic E-state index is 12.4. The van der Waals surface area contributed by atoms with E-state index in [1.807, 2.05) is 6.92 Å². The van der Waals surface area contributed by atoms with Crippen molar-refractivity contribution in [1.82, 2.24) is 15.5 Å². The summed E-state index contributed by atoms with van der Waals surface area (Å²) >= 11 is 0. The zero-order valence-corrected chi connectivity index (χ0v) is 14.6. The van der Waals surface area contributed by atoms with Crippen molar-refractivity contribution in [2.75, 3.05) is 33.2 Å². The monoisotopic (exact) mass is 382 g/mol. The van der Waals surface area contributed by atoms with Crippen molar-refractivity contribution in [1.29, 1.82) is 0 Å². The number of hydrogen-bond donors (Lipinski definition) is 2. The molecule has 1 aromatic carbocycles. The van der Waals surface area contributed by atoms with Crippen LogP contribution in [0.5, 0.6) is 5.75 Å². The van der Waals surface area contributed by atoms with E-state index in [0.717, 1.165) is 4.90 Å². The summed E-state index contributed by atoms with van der Waals surface area (Å²) in [5, 5.41) is 5.85. The van der Waals surface area contributed by atoms with E-state index < -0.39 is 19.3 Å². The summed E-state index contributed by atoms with van der Waals surface area (Å²) in [6.07, 6.45) is -4.25. The molecule has 0 bridgehead atoms. The lowest BCUT2D eigenvalue weighted by molar-refractivity contribution is -0.142. The molecular formula is C16H23F5N4O. The SMILES string of the molecule is CCNC(=NCc1ccccc1OC(F)F)NCCN(C)CC(F)(F)F. The Bertz CT molecular complexity index is 566. The topological polar surface area (TPSA) is 48.9 Å². The van der Waals surface area contributed by atoms with Crippen molar-refractivity contribution in [3.05, 3.63) is 29.8 Å². The van der Waals surface area contributed by atoms with Crippen LogP contribution in [0.15, 0.2) is 29.3 Å². The fraction of sp³-hybridized carbons (Fsp3) is 0.562. The molecule has 148 valence electrons. The van der Waals surface area contributed by atoms with Crippen molar-refractivity contribution < 1.29 is 26.7 Å². The van der Waals surface area contributed by atoms with Crippen molar-refractivity contribution in [2.24, 2.45) is 4.99 Å². The highest BCUT2D eigenvalue weighted by Crippen LogP contribution is 2.21. The summed E-state index contributed by atoms with van der Waals surface area (Å²) < 4.78 is 66.1. The number of nitrogens with one attached hydrogen (secondary N) is 2. The van der Waals surface area contributed by atoms with Crippen molar-refractivity contribution in [3.63, 3.8) is 0 Å². The van der Waals surface area contributed by atoms with Crippen LogP contribution in [0, 0.1) is 0 Å². The highest BCUT2D eigenvalue weighted by molar-refractivity contribution is 5.79. The van der Waals surface area contributed by atoms with Gasteiger partial charge >= 0.3 is 12.8 Å². The van der Waals surface area contributed by atoms with Crippen LogP contribution in [-0.4, -0.2) is 56.9 Å². The van der Waals surface area contributed by atoms with Gasteiger partial charge in [0.1, 0.15) is 5.75 Å². The lowest BCUT2D eigenvalue weighted by atomic mass is 10.2. The third kappa shape index (κ3) is 9.40. The molecule has 1 rings (SSSR count). The van der Waals surface area contributed by atoms with Crippen molar-refractivity contribution in [3.8, 4) is 5.75 Å². The number of para-hydroxylation sites is 1. The van der Waals surface area contributed by atoms with E-state index in [2.05, 4.69) is 20.4 Å². The highest BCUT2D eigenvalue weighted by atomic mass is 19.4. The standard InChI is InChI=1S/C16H23F5N4O/c1-3-22-15(23-8-9-25(2)11-16(19,20)21)24-10-12-6-4-5-7-13(12)26-14(17)18/h4-7,14H,3,8-11H2,1-2H3,(H2,22,23,24). The van der Waals surface area contributed by atoms with Gasteiger partial charge in [-0.3, -0.25) is 4.90 Å². The molecule has 1 aromatic rings. The molecule has 0 aliphatic heterocycles. The molecule has 0 atom stereocenters. The number of ether oxygens (including phenoxy) is 1. The van der Waals surface area contributed by atoms with Crippen LogP contribution in [0.3, 0.4) is 0 Å². The second-order valence-electron chi connectivity index (χ2n) is 5.46. The Balaban J connectivity index is 2.61. The molecule has 0 fully saturated rings. The molecule has 0 aliphatic rings. The summed E-state index contributed by atoms with van der Waals surface area (Å²) in [6, 6.07) is 6.28. The number of rotatable bonds is 9. The Morgan fingerprint density at radius 3 is 2.54 bits per heavy atom. The average molecular weight is 382 g/mol. The second-order valence-corrected chi connectivity index (χ2v) is 5.46. The van der Waals surface area contributed by atoms with Crippen LogP contribution in [0.25, 0.3) is 0 Å². The maximum Gasteiger partial charge on any atom is 0.401 e. The minimum Gasteiger partial charge on any atom is -0.434 e. The van der Waals surface area contributed by atoms with Crippen LogP contribution in [-0.2, 0) is 6.54 Å². The molecule has 0 radical (unpaired) electrons. The highest BCUT2D eigenvalue weighted by Gasteiger charge is 2.28. The van der Waals surface area contributed by atoms with E-state index >= 15 is 0 Å². The first-order valence-electron chi connectivity index (χ1n) is 8.01. The fourth-order valence-electron chi connectivity index (χ4n) is 2.10. The minimum atomic E-state index is -4.25. The van der Waals surface area contributed by atoms with E-state index in [0.29, 0.717) is 18.1 Å². The first-order valence-corrected chi connectivity index (χ1v) is 8.01. The van der Waals surface area contributed by atoms with E-state index in [1.165, 1.54) is 13.1 Å². The molecule has 0 aromatic heterocycles. The van der Waals surface area contributed by atoms with Gasteiger partial charge < -0.3 is 15.4 Å². The Kier molecular flexibility index (Phi) is 9.11. The summed E-state index contributed by atoms with van der Waals surface area (Å²) in [4.78, 5) is 5.39. The third-order valence-electron chi connectivity index (χ3n) is 3.18. The van der Waals surface area contributed by atoms with Gasteiger partial charge in [0, 0.05) is 25.2 Å². The van der Waals surface area contributed by atoms with Gasteiger partial charge in [-0.25, -0.2) is 4.99 Å². The third-order valence-corrected chi connectivity index (χ3v) is 3.18. The normalized spacial score (nSPS) is 12.6. The van der Waals surface area contributed by atoms with Gasteiger partial charge in [0.05, 0.1) is 13.1 Å². The summed E-state index contributed by atoms with van der Waals surface area (Å²) in [5.74, 6) is 0.409. The smallest absolute Gasteiger partial charge is 0.401 e. The molecule has 5 nitrogen and oxygen atoms in total. The Morgan fingerprint density at radius 1 is 1.23 bits per heavy atom. The molecule has 10 heteroatoms. The first-order chi connectivity index (χ1) is 12.2. The Labute approximate surface area is 149 Å².